The second-order valence-corrected chi connectivity index (χ2v) is 6.56. The van der Waals surface area contributed by atoms with Crippen molar-refractivity contribution in [2.45, 2.75) is 32.5 Å². The van der Waals surface area contributed by atoms with Crippen LogP contribution < -0.4 is 21.3 Å². The Morgan fingerprint density at radius 1 is 1.12 bits per heavy atom. The number of primary amides is 1. The molecule has 1 heterocycles. The van der Waals surface area contributed by atoms with Crippen LogP contribution in [-0.4, -0.2) is 24.5 Å². The summed E-state index contributed by atoms with van der Waals surface area (Å²) < 4.78 is 0. The van der Waals surface area contributed by atoms with Crippen LogP contribution in [0.4, 0.5) is 10.5 Å². The molecule has 0 aromatic heterocycles. The number of carbonyl (C=O) groups excluding carboxylic acids is 2. The van der Waals surface area contributed by atoms with Crippen LogP contribution in [0.25, 0.3) is 0 Å². The molecule has 2 aromatic rings. The Morgan fingerprint density at radius 3 is 2.54 bits per heavy atom. The molecule has 2 aromatic carbocycles. The first kappa shape index (κ1) is 17.8. The topological polar surface area (TPSA) is 87.5 Å². The average molecular weight is 352 g/mol. The smallest absolute Gasteiger partial charge is 0.312 e. The summed E-state index contributed by atoms with van der Waals surface area (Å²) in [4.78, 5) is 25.0. The van der Waals surface area contributed by atoms with E-state index in [4.69, 9.17) is 5.73 Å². The van der Waals surface area contributed by atoms with Crippen LogP contribution in [-0.2, 0) is 24.3 Å². The van der Waals surface area contributed by atoms with Crippen LogP contribution in [0.15, 0.2) is 48.5 Å². The second kappa shape index (κ2) is 7.91. The molecule has 3 amide bonds. The number of amides is 3. The van der Waals surface area contributed by atoms with E-state index in [0.29, 0.717) is 6.54 Å². The van der Waals surface area contributed by atoms with Crippen LogP contribution in [0.1, 0.15) is 23.6 Å². The van der Waals surface area contributed by atoms with Crippen molar-refractivity contribution in [1.29, 1.82) is 0 Å². The van der Waals surface area contributed by atoms with Gasteiger partial charge in [0.2, 0.25) is 5.91 Å². The van der Waals surface area contributed by atoms with Crippen molar-refractivity contribution in [3.8, 4) is 0 Å². The molecule has 0 saturated carbocycles. The summed E-state index contributed by atoms with van der Waals surface area (Å²) in [6, 6.07) is 15.4. The maximum absolute atomic E-state index is 11.9. The van der Waals surface area contributed by atoms with E-state index in [1.165, 1.54) is 16.8 Å². The van der Waals surface area contributed by atoms with Crippen LogP contribution in [0, 0.1) is 0 Å². The Bertz CT molecular complexity index is 789. The number of benzene rings is 2. The predicted molar refractivity (Wildman–Crippen MR) is 102 cm³/mol. The minimum Gasteiger partial charge on any atom is -0.367 e. The lowest BCUT2D eigenvalue weighted by Crippen LogP contribution is -2.46. The number of nitrogens with one attached hydrogen (secondary N) is 2. The van der Waals surface area contributed by atoms with Crippen LogP contribution in [0.5, 0.6) is 0 Å². The minimum absolute atomic E-state index is 0.262. The van der Waals surface area contributed by atoms with Crippen molar-refractivity contribution in [2.24, 2.45) is 5.73 Å². The van der Waals surface area contributed by atoms with Crippen molar-refractivity contribution in [3.05, 3.63) is 65.2 Å². The summed E-state index contributed by atoms with van der Waals surface area (Å²) in [5.74, 6) is -0.262. The predicted octanol–water partition coefficient (Wildman–Crippen LogP) is 1.92. The first-order valence-corrected chi connectivity index (χ1v) is 8.77. The Kier molecular flexibility index (Phi) is 5.41. The minimum atomic E-state index is -0.708. The van der Waals surface area contributed by atoms with Gasteiger partial charge in [-0.15, -0.1) is 0 Å². The van der Waals surface area contributed by atoms with Crippen LogP contribution >= 0.6 is 0 Å². The van der Waals surface area contributed by atoms with Gasteiger partial charge in [-0.05, 0) is 36.1 Å². The lowest BCUT2D eigenvalue weighted by molar-refractivity contribution is -0.122. The quantitative estimate of drug-likeness (QED) is 0.742. The molecule has 136 valence electrons. The maximum Gasteiger partial charge on any atom is 0.312 e. The van der Waals surface area contributed by atoms with Gasteiger partial charge >= 0.3 is 6.03 Å². The molecule has 0 radical (unpaired) electrons. The van der Waals surface area contributed by atoms with Gasteiger partial charge in [0.25, 0.3) is 0 Å². The molecule has 0 spiro atoms. The molecule has 6 nitrogen and oxygen atoms in total. The highest BCUT2D eigenvalue weighted by atomic mass is 16.2. The van der Waals surface area contributed by atoms with Crippen LogP contribution in [0.2, 0.25) is 0 Å². The van der Waals surface area contributed by atoms with Gasteiger partial charge < -0.3 is 21.3 Å². The number of fused-ring (bicyclic) bond motifs is 1. The summed E-state index contributed by atoms with van der Waals surface area (Å²) in [6.45, 7) is 3.93. The fourth-order valence-electron chi connectivity index (χ4n) is 3.17. The number of nitrogens with two attached hydrogens (primary N) is 1. The lowest BCUT2D eigenvalue weighted by Gasteiger charge is -2.19. The van der Waals surface area contributed by atoms with Gasteiger partial charge in [-0.2, -0.15) is 0 Å². The molecule has 0 fully saturated rings. The van der Waals surface area contributed by atoms with Gasteiger partial charge in [0.1, 0.15) is 6.04 Å². The van der Waals surface area contributed by atoms with Gasteiger partial charge in [-0.25, -0.2) is 4.79 Å². The van der Waals surface area contributed by atoms with Gasteiger partial charge in [0.15, 0.2) is 0 Å². The highest BCUT2D eigenvalue weighted by Crippen LogP contribution is 2.28. The number of anilines is 1. The van der Waals surface area contributed by atoms with Crippen molar-refractivity contribution >= 4 is 17.6 Å². The van der Waals surface area contributed by atoms with E-state index >= 15 is 0 Å². The van der Waals surface area contributed by atoms with Gasteiger partial charge in [0.05, 0.1) is 0 Å². The Labute approximate surface area is 153 Å². The number of nitrogens with zero attached hydrogens (tertiary/aromatic N) is 1. The highest BCUT2D eigenvalue weighted by Gasteiger charge is 2.18. The van der Waals surface area contributed by atoms with Crippen molar-refractivity contribution in [1.82, 2.24) is 10.6 Å². The lowest BCUT2D eigenvalue weighted by atomic mass is 10.1. The summed E-state index contributed by atoms with van der Waals surface area (Å²) >= 11 is 0. The zero-order chi connectivity index (χ0) is 18.5. The molecule has 1 unspecified atom stereocenters. The first-order valence-electron chi connectivity index (χ1n) is 8.77. The van der Waals surface area contributed by atoms with Crippen LogP contribution in [0.3, 0.4) is 0 Å². The largest absolute Gasteiger partial charge is 0.367 e. The fraction of sp³-hybridized carbons (Fsp3) is 0.300. The number of carbonyl (C=O) groups is 2. The summed E-state index contributed by atoms with van der Waals surface area (Å²) in [5, 5.41) is 5.15. The van der Waals surface area contributed by atoms with Gasteiger partial charge in [-0.3, -0.25) is 4.79 Å². The molecule has 4 N–H and O–H groups in total. The molecule has 1 aliphatic heterocycles. The van der Waals surface area contributed by atoms with E-state index in [9.17, 15) is 9.59 Å². The highest BCUT2D eigenvalue weighted by molar-refractivity contribution is 5.86. The molecule has 0 saturated heterocycles. The number of para-hydroxylation sites is 1. The zero-order valence-electron chi connectivity index (χ0n) is 14.9. The molecule has 26 heavy (non-hydrogen) atoms. The van der Waals surface area contributed by atoms with E-state index in [0.717, 1.165) is 25.1 Å². The third-order valence-corrected chi connectivity index (χ3v) is 4.60. The molecule has 6 heteroatoms. The summed E-state index contributed by atoms with van der Waals surface area (Å²) in [5.41, 5.74) is 9.99. The molecule has 0 aliphatic carbocycles. The normalized spacial score (nSPS) is 13.8. The number of urea groups is 1. The average Bonchev–Trinajstić information content (AvgIpc) is 3.03. The Morgan fingerprint density at radius 2 is 1.81 bits per heavy atom. The number of hydrogen-bond donors (Lipinski definition) is 3. The van der Waals surface area contributed by atoms with E-state index in [2.05, 4.69) is 51.9 Å². The monoisotopic (exact) mass is 352 g/mol. The second-order valence-electron chi connectivity index (χ2n) is 6.56. The van der Waals surface area contributed by atoms with E-state index in [1.54, 1.807) is 6.92 Å². The van der Waals surface area contributed by atoms with Crippen molar-refractivity contribution in [2.75, 3.05) is 11.4 Å². The van der Waals surface area contributed by atoms with Crippen molar-refractivity contribution < 1.29 is 9.59 Å². The molecule has 3 rings (SSSR count). The van der Waals surface area contributed by atoms with Gasteiger partial charge in [0, 0.05) is 25.3 Å². The fourth-order valence-corrected chi connectivity index (χ4v) is 3.17. The third-order valence-electron chi connectivity index (χ3n) is 4.60. The maximum atomic E-state index is 11.9. The Hall–Kier alpha value is -3.02. The number of rotatable bonds is 6. The van der Waals surface area contributed by atoms with Gasteiger partial charge in [-0.1, -0.05) is 42.5 Å². The van der Waals surface area contributed by atoms with E-state index in [-0.39, 0.29) is 5.91 Å². The van der Waals surface area contributed by atoms with E-state index in [1.807, 2.05) is 12.1 Å². The summed E-state index contributed by atoms with van der Waals surface area (Å²) in [6.07, 6.45) is 1.10. The van der Waals surface area contributed by atoms with E-state index < -0.39 is 12.1 Å². The molecule has 1 aliphatic rings. The summed E-state index contributed by atoms with van der Waals surface area (Å²) in [7, 11) is 0. The first-order chi connectivity index (χ1) is 12.5. The Balaban J connectivity index is 1.53. The molecular formula is C20H24N4O2. The zero-order valence-corrected chi connectivity index (χ0v) is 14.9. The third kappa shape index (κ3) is 4.33. The standard InChI is InChI=1S/C20H24N4O2/c1-14(23-20(21)26)19(25)22-12-15-6-8-16(9-7-15)13-24-11-10-17-4-2-3-5-18(17)24/h2-9,14H,10-13H2,1H3,(H,22,25)(H3,21,23,26). The molecule has 0 bridgehead atoms. The van der Waals surface area contributed by atoms with Crippen molar-refractivity contribution in [3.63, 3.8) is 0 Å². The molecular weight excluding hydrogens is 328 g/mol. The number of hydrogen-bond acceptors (Lipinski definition) is 3. The molecule has 1 atom stereocenters. The SMILES string of the molecule is CC(NC(N)=O)C(=O)NCc1ccc(CN2CCc3ccccc32)cc1.